The van der Waals surface area contributed by atoms with E-state index in [1.807, 2.05) is 17.9 Å². The molecule has 0 spiro atoms. The summed E-state index contributed by atoms with van der Waals surface area (Å²) >= 11 is 0. The van der Waals surface area contributed by atoms with Crippen LogP contribution in [-0.2, 0) is 11.8 Å². The van der Waals surface area contributed by atoms with Crippen molar-refractivity contribution in [2.75, 3.05) is 19.8 Å². The zero-order valence-corrected chi connectivity index (χ0v) is 16.8. The topological polar surface area (TPSA) is 59.0 Å². The van der Waals surface area contributed by atoms with E-state index in [2.05, 4.69) is 46.6 Å². The molecule has 1 atom stereocenters. The molecule has 6 heteroatoms. The molecule has 4 heterocycles. The van der Waals surface area contributed by atoms with E-state index in [1.165, 1.54) is 42.2 Å². The van der Waals surface area contributed by atoms with Crippen LogP contribution in [0.1, 0.15) is 44.1 Å². The molecule has 2 aliphatic rings. The van der Waals surface area contributed by atoms with Gasteiger partial charge in [-0.3, -0.25) is 9.58 Å². The van der Waals surface area contributed by atoms with Gasteiger partial charge in [-0.25, -0.2) is 4.98 Å². The van der Waals surface area contributed by atoms with Crippen LogP contribution in [0, 0.1) is 0 Å². The number of fused-ring (bicyclic) bond motifs is 1. The molecule has 5 rings (SSSR count). The molecule has 2 fully saturated rings. The summed E-state index contributed by atoms with van der Waals surface area (Å²) in [6.07, 6.45) is 13.1. The zero-order chi connectivity index (χ0) is 19.1. The van der Waals surface area contributed by atoms with Crippen LogP contribution >= 0.6 is 0 Å². The van der Waals surface area contributed by atoms with Crippen LogP contribution in [0.25, 0.3) is 22.2 Å². The molecule has 6 nitrogen and oxygen atoms in total. The Balaban J connectivity index is 1.34. The fourth-order valence-corrected chi connectivity index (χ4v) is 5.07. The maximum absolute atomic E-state index is 5.62. The second-order valence-corrected chi connectivity index (χ2v) is 8.44. The largest absolute Gasteiger partial charge is 0.379 e. The van der Waals surface area contributed by atoms with Crippen LogP contribution < -0.4 is 0 Å². The van der Waals surface area contributed by atoms with Crippen molar-refractivity contribution in [1.29, 1.82) is 0 Å². The first-order valence-electron chi connectivity index (χ1n) is 10.5. The number of hydrogen-bond acceptors (Lipinski definition) is 4. The minimum Gasteiger partial charge on any atom is -0.379 e. The predicted molar refractivity (Wildman–Crippen MR) is 110 cm³/mol. The van der Waals surface area contributed by atoms with Gasteiger partial charge < -0.3 is 9.72 Å². The minimum atomic E-state index is 0.551. The van der Waals surface area contributed by atoms with Crippen LogP contribution in [0.15, 0.2) is 30.9 Å². The molecule has 1 saturated carbocycles. The van der Waals surface area contributed by atoms with Gasteiger partial charge in [0.05, 0.1) is 19.4 Å². The Morgan fingerprint density at radius 3 is 2.79 bits per heavy atom. The molecule has 148 valence electrons. The van der Waals surface area contributed by atoms with Crippen LogP contribution in [0.4, 0.5) is 0 Å². The third kappa shape index (κ3) is 3.25. The van der Waals surface area contributed by atoms with Crippen LogP contribution in [0.3, 0.4) is 0 Å². The quantitative estimate of drug-likeness (QED) is 0.754. The van der Waals surface area contributed by atoms with Crippen molar-refractivity contribution in [3.05, 3.63) is 36.4 Å². The lowest BCUT2D eigenvalue weighted by Gasteiger charge is -2.42. The van der Waals surface area contributed by atoms with Crippen LogP contribution in [-0.4, -0.2) is 56.5 Å². The minimum absolute atomic E-state index is 0.551. The van der Waals surface area contributed by atoms with E-state index in [4.69, 9.17) is 9.72 Å². The van der Waals surface area contributed by atoms with Crippen LogP contribution in [0.2, 0.25) is 0 Å². The number of aryl methyl sites for hydroxylation is 1. The van der Waals surface area contributed by atoms with E-state index in [0.717, 1.165) is 31.0 Å². The number of nitrogens with zero attached hydrogens (tertiary/aromatic N) is 4. The van der Waals surface area contributed by atoms with E-state index >= 15 is 0 Å². The highest BCUT2D eigenvalue weighted by Gasteiger charge is 2.31. The van der Waals surface area contributed by atoms with Crippen molar-refractivity contribution < 1.29 is 4.74 Å². The molecule has 3 aromatic rings. The highest BCUT2D eigenvalue weighted by Crippen LogP contribution is 2.37. The normalized spacial score (nSPS) is 26.7. The molecule has 1 aliphatic carbocycles. The van der Waals surface area contributed by atoms with Gasteiger partial charge in [0.2, 0.25) is 0 Å². The third-order valence-corrected chi connectivity index (χ3v) is 6.62. The Bertz CT molecular complexity index is 953. The highest BCUT2D eigenvalue weighted by atomic mass is 16.5. The van der Waals surface area contributed by atoms with Gasteiger partial charge in [0.25, 0.3) is 0 Å². The Morgan fingerprint density at radius 1 is 1.18 bits per heavy atom. The number of hydrogen-bond donors (Lipinski definition) is 1. The molecule has 1 unspecified atom stereocenters. The van der Waals surface area contributed by atoms with Gasteiger partial charge in [-0.1, -0.05) is 0 Å². The Hall–Kier alpha value is -2.18. The number of rotatable bonds is 3. The van der Waals surface area contributed by atoms with Gasteiger partial charge in [0.15, 0.2) is 0 Å². The number of nitrogens with one attached hydrogen (secondary N) is 1. The van der Waals surface area contributed by atoms with E-state index in [0.29, 0.717) is 18.0 Å². The number of ether oxygens (including phenoxy) is 1. The maximum Gasteiger partial charge on any atom is 0.137 e. The van der Waals surface area contributed by atoms with Crippen molar-refractivity contribution in [3.8, 4) is 11.1 Å². The zero-order valence-electron chi connectivity index (χ0n) is 16.8. The fourth-order valence-electron chi connectivity index (χ4n) is 5.07. The van der Waals surface area contributed by atoms with Crippen molar-refractivity contribution in [2.45, 2.75) is 50.6 Å². The lowest BCUT2D eigenvalue weighted by Crippen LogP contribution is -2.50. The summed E-state index contributed by atoms with van der Waals surface area (Å²) < 4.78 is 7.46. The van der Waals surface area contributed by atoms with E-state index < -0.39 is 0 Å². The monoisotopic (exact) mass is 379 g/mol. The number of pyridine rings is 1. The second-order valence-electron chi connectivity index (χ2n) is 8.44. The summed E-state index contributed by atoms with van der Waals surface area (Å²) in [4.78, 5) is 10.7. The fraction of sp³-hybridized carbons (Fsp3) is 0.545. The van der Waals surface area contributed by atoms with Gasteiger partial charge in [0.1, 0.15) is 5.65 Å². The van der Waals surface area contributed by atoms with E-state index in [-0.39, 0.29) is 0 Å². The SMILES string of the molecule is CC1COCCN1C1CCC(c2cnc3[nH]cc(-c4cnn(C)c4)c3c2)CC1. The van der Waals surface area contributed by atoms with Gasteiger partial charge in [-0.15, -0.1) is 0 Å². The molecule has 0 amide bonds. The van der Waals surface area contributed by atoms with Gasteiger partial charge in [-0.05, 0) is 50.2 Å². The van der Waals surface area contributed by atoms with E-state index in [1.54, 1.807) is 0 Å². The van der Waals surface area contributed by atoms with Crippen LogP contribution in [0.5, 0.6) is 0 Å². The summed E-state index contributed by atoms with van der Waals surface area (Å²) in [5.74, 6) is 0.612. The first-order valence-corrected chi connectivity index (χ1v) is 10.5. The molecule has 0 bridgehead atoms. The first-order chi connectivity index (χ1) is 13.7. The maximum atomic E-state index is 5.62. The Kier molecular flexibility index (Phi) is 4.69. The molecular formula is C22H29N5O. The lowest BCUT2D eigenvalue weighted by atomic mass is 9.81. The molecule has 28 heavy (non-hydrogen) atoms. The standard InChI is InChI=1S/C22H29N5O/c1-15-14-28-8-7-27(15)19-5-3-16(4-6-19)17-9-20-21(12-24-22(20)23-10-17)18-11-25-26(2)13-18/h9-13,15-16,19H,3-8,14H2,1-2H3,(H,23,24). The molecule has 1 N–H and O–H groups in total. The smallest absolute Gasteiger partial charge is 0.137 e. The van der Waals surface area contributed by atoms with Crippen molar-refractivity contribution in [1.82, 2.24) is 24.6 Å². The number of H-pyrrole nitrogens is 1. The Labute approximate surface area is 165 Å². The summed E-state index contributed by atoms with van der Waals surface area (Å²) in [6, 6.07) is 3.61. The summed E-state index contributed by atoms with van der Waals surface area (Å²) in [6.45, 7) is 5.15. The molecule has 1 saturated heterocycles. The van der Waals surface area contributed by atoms with Gasteiger partial charge in [-0.2, -0.15) is 5.10 Å². The van der Waals surface area contributed by atoms with Crippen molar-refractivity contribution in [3.63, 3.8) is 0 Å². The molecule has 1 aliphatic heterocycles. The van der Waals surface area contributed by atoms with Crippen molar-refractivity contribution >= 4 is 11.0 Å². The summed E-state index contributed by atoms with van der Waals surface area (Å²) in [5.41, 5.74) is 4.66. The molecule has 0 aromatic carbocycles. The summed E-state index contributed by atoms with van der Waals surface area (Å²) in [5, 5.41) is 5.52. The van der Waals surface area contributed by atoms with E-state index in [9.17, 15) is 0 Å². The Morgan fingerprint density at radius 2 is 2.04 bits per heavy atom. The average molecular weight is 380 g/mol. The number of aromatic amines is 1. The molecule has 0 radical (unpaired) electrons. The second kappa shape index (κ2) is 7.33. The summed E-state index contributed by atoms with van der Waals surface area (Å²) in [7, 11) is 1.95. The van der Waals surface area contributed by atoms with Gasteiger partial charge in [0, 0.05) is 60.8 Å². The van der Waals surface area contributed by atoms with Crippen molar-refractivity contribution in [2.24, 2.45) is 7.05 Å². The predicted octanol–water partition coefficient (Wildman–Crippen LogP) is 3.71. The first kappa shape index (κ1) is 17.9. The molecule has 3 aromatic heterocycles. The lowest BCUT2D eigenvalue weighted by molar-refractivity contribution is -0.0301. The van der Waals surface area contributed by atoms with Gasteiger partial charge >= 0.3 is 0 Å². The third-order valence-electron chi connectivity index (χ3n) is 6.62. The molecular weight excluding hydrogens is 350 g/mol. The highest BCUT2D eigenvalue weighted by molar-refractivity contribution is 5.93. The average Bonchev–Trinajstić information content (AvgIpc) is 3.34. The number of morpholine rings is 1. The number of aromatic nitrogens is 4.